The van der Waals surface area contributed by atoms with Gasteiger partial charge in [0.1, 0.15) is 18.1 Å². The maximum atomic E-state index is 13.2. The molecule has 1 aromatic heterocycles. The van der Waals surface area contributed by atoms with Crippen molar-refractivity contribution in [2.75, 3.05) is 0 Å². The molecule has 1 aromatic carbocycles. The normalized spacial score (nSPS) is 15.1. The lowest BCUT2D eigenvalue weighted by Gasteiger charge is -2.14. The van der Waals surface area contributed by atoms with Gasteiger partial charge in [-0.25, -0.2) is 9.97 Å². The maximum absolute atomic E-state index is 13.2. The van der Waals surface area contributed by atoms with Crippen LogP contribution in [0.1, 0.15) is 66.9 Å². The van der Waals surface area contributed by atoms with Crippen LogP contribution in [0.3, 0.4) is 0 Å². The third kappa shape index (κ3) is 5.28. The van der Waals surface area contributed by atoms with Gasteiger partial charge >= 0.3 is 12.1 Å². The van der Waals surface area contributed by atoms with E-state index in [1.165, 1.54) is 6.92 Å². The first-order valence-electron chi connectivity index (χ1n) is 8.97. The van der Waals surface area contributed by atoms with Crippen molar-refractivity contribution in [3.63, 3.8) is 0 Å². The number of halogens is 3. The van der Waals surface area contributed by atoms with Crippen LogP contribution in [0.15, 0.2) is 30.3 Å². The van der Waals surface area contributed by atoms with Crippen LogP contribution in [0.2, 0.25) is 0 Å². The van der Waals surface area contributed by atoms with Crippen LogP contribution in [-0.2, 0) is 28.7 Å². The van der Waals surface area contributed by atoms with E-state index in [0.717, 1.165) is 42.9 Å². The highest BCUT2D eigenvalue weighted by molar-refractivity contribution is 5.65. The SMILES string of the molecule is CC(=O)OCc1ccc(Cc2cc(C(F)(F)F)nc(C3CCCC3)n2)cc1. The Morgan fingerprint density at radius 3 is 2.33 bits per heavy atom. The van der Waals surface area contributed by atoms with Crippen molar-refractivity contribution in [1.29, 1.82) is 0 Å². The van der Waals surface area contributed by atoms with Gasteiger partial charge in [0, 0.05) is 25.0 Å². The lowest BCUT2D eigenvalue weighted by Crippen LogP contribution is -2.14. The largest absolute Gasteiger partial charge is 0.461 e. The molecule has 0 radical (unpaired) electrons. The second kappa shape index (κ2) is 8.06. The van der Waals surface area contributed by atoms with Crippen molar-refractivity contribution >= 4 is 5.97 Å². The molecule has 0 spiro atoms. The summed E-state index contributed by atoms with van der Waals surface area (Å²) in [5.74, 6) is -0.0415. The summed E-state index contributed by atoms with van der Waals surface area (Å²) in [5.41, 5.74) is 1.15. The van der Waals surface area contributed by atoms with Gasteiger partial charge < -0.3 is 4.74 Å². The van der Waals surface area contributed by atoms with Gasteiger partial charge in [-0.15, -0.1) is 0 Å². The smallest absolute Gasteiger partial charge is 0.433 e. The number of aromatic nitrogens is 2. The molecule has 0 bridgehead atoms. The lowest BCUT2D eigenvalue weighted by atomic mass is 10.0. The third-order valence-electron chi connectivity index (χ3n) is 4.66. The fourth-order valence-electron chi connectivity index (χ4n) is 3.27. The third-order valence-corrected chi connectivity index (χ3v) is 4.66. The molecule has 0 unspecified atom stereocenters. The van der Waals surface area contributed by atoms with Gasteiger partial charge in [-0.3, -0.25) is 4.79 Å². The number of nitrogens with zero attached hydrogens (tertiary/aromatic N) is 2. The highest BCUT2D eigenvalue weighted by Crippen LogP contribution is 2.35. The first-order chi connectivity index (χ1) is 12.8. The Morgan fingerprint density at radius 2 is 1.74 bits per heavy atom. The zero-order valence-corrected chi connectivity index (χ0v) is 15.1. The lowest BCUT2D eigenvalue weighted by molar-refractivity contribution is -0.142. The molecule has 0 atom stereocenters. The standard InChI is InChI=1S/C20H21F3N2O2/c1-13(26)27-12-15-8-6-14(7-9-15)10-17-11-18(20(21,22)23)25-19(24-17)16-4-2-3-5-16/h6-9,11,16H,2-5,10,12H2,1H3. The predicted octanol–water partition coefficient (Wildman–Crippen LogP) is 4.81. The molecule has 4 nitrogen and oxygen atoms in total. The molecule has 27 heavy (non-hydrogen) atoms. The van der Waals surface area contributed by atoms with Gasteiger partial charge in [0.2, 0.25) is 0 Å². The zero-order valence-electron chi connectivity index (χ0n) is 15.1. The van der Waals surface area contributed by atoms with E-state index in [-0.39, 0.29) is 18.5 Å². The number of carbonyl (C=O) groups is 1. The molecule has 0 aliphatic heterocycles. The molecule has 2 aromatic rings. The molecule has 0 saturated heterocycles. The Bertz CT molecular complexity index is 798. The summed E-state index contributed by atoms with van der Waals surface area (Å²) in [4.78, 5) is 19.1. The van der Waals surface area contributed by atoms with Crippen molar-refractivity contribution in [2.45, 2.75) is 57.7 Å². The Labute approximate surface area is 155 Å². The number of alkyl halides is 3. The predicted molar refractivity (Wildman–Crippen MR) is 93.0 cm³/mol. The van der Waals surface area contributed by atoms with Gasteiger partial charge in [-0.2, -0.15) is 13.2 Å². The summed E-state index contributed by atoms with van der Waals surface area (Å²) < 4.78 is 44.7. The van der Waals surface area contributed by atoms with Gasteiger partial charge in [0.25, 0.3) is 0 Å². The minimum Gasteiger partial charge on any atom is -0.461 e. The summed E-state index contributed by atoms with van der Waals surface area (Å²) in [6.45, 7) is 1.51. The van der Waals surface area contributed by atoms with Gasteiger partial charge in [0.05, 0.1) is 0 Å². The molecule has 0 amide bonds. The second-order valence-corrected chi connectivity index (χ2v) is 6.86. The molecule has 1 fully saturated rings. The fraction of sp³-hybridized carbons (Fsp3) is 0.450. The van der Waals surface area contributed by atoms with Crippen molar-refractivity contribution < 1.29 is 22.7 Å². The molecule has 1 heterocycles. The average molecular weight is 378 g/mol. The number of ether oxygens (including phenoxy) is 1. The zero-order chi connectivity index (χ0) is 19.4. The molecule has 1 saturated carbocycles. The van der Waals surface area contributed by atoms with Crippen LogP contribution >= 0.6 is 0 Å². The summed E-state index contributed by atoms with van der Waals surface area (Å²) in [6.07, 6.45) is -0.512. The Morgan fingerprint density at radius 1 is 1.11 bits per heavy atom. The first kappa shape index (κ1) is 19.3. The van der Waals surface area contributed by atoms with Crippen LogP contribution < -0.4 is 0 Å². The number of esters is 1. The topological polar surface area (TPSA) is 52.1 Å². The van der Waals surface area contributed by atoms with Gasteiger partial charge in [-0.1, -0.05) is 37.1 Å². The van der Waals surface area contributed by atoms with Crippen molar-refractivity contribution in [3.8, 4) is 0 Å². The minimum atomic E-state index is -4.49. The highest BCUT2D eigenvalue weighted by Gasteiger charge is 2.34. The summed E-state index contributed by atoms with van der Waals surface area (Å²) in [5, 5.41) is 0. The van der Waals surface area contributed by atoms with E-state index in [0.29, 0.717) is 17.9 Å². The first-order valence-corrected chi connectivity index (χ1v) is 8.97. The summed E-state index contributed by atoms with van der Waals surface area (Å²) in [7, 11) is 0. The Kier molecular flexibility index (Phi) is 5.77. The van der Waals surface area contributed by atoms with Crippen molar-refractivity contribution in [2.24, 2.45) is 0 Å². The number of benzene rings is 1. The van der Waals surface area contributed by atoms with Gasteiger partial charge in [0.15, 0.2) is 0 Å². The van der Waals surface area contributed by atoms with Crippen LogP contribution in [0.5, 0.6) is 0 Å². The summed E-state index contributed by atoms with van der Waals surface area (Å²) >= 11 is 0. The van der Waals surface area contributed by atoms with E-state index in [1.54, 1.807) is 12.1 Å². The van der Waals surface area contributed by atoms with Crippen molar-refractivity contribution in [1.82, 2.24) is 9.97 Å². The molecule has 3 rings (SSSR count). The van der Waals surface area contributed by atoms with E-state index in [1.807, 2.05) is 12.1 Å². The van der Waals surface area contributed by atoms with E-state index in [2.05, 4.69) is 9.97 Å². The molecule has 7 heteroatoms. The van der Waals surface area contributed by atoms with E-state index in [9.17, 15) is 18.0 Å². The van der Waals surface area contributed by atoms with E-state index >= 15 is 0 Å². The Balaban J connectivity index is 1.80. The van der Waals surface area contributed by atoms with Crippen LogP contribution in [0, 0.1) is 0 Å². The quantitative estimate of drug-likeness (QED) is 0.701. The van der Waals surface area contributed by atoms with E-state index in [4.69, 9.17) is 4.74 Å². The number of hydrogen-bond donors (Lipinski definition) is 0. The number of carbonyl (C=O) groups excluding carboxylic acids is 1. The Hall–Kier alpha value is -2.44. The van der Waals surface area contributed by atoms with Crippen LogP contribution in [-0.4, -0.2) is 15.9 Å². The second-order valence-electron chi connectivity index (χ2n) is 6.86. The molecular formula is C20H21F3N2O2. The highest BCUT2D eigenvalue weighted by atomic mass is 19.4. The molecule has 144 valence electrons. The number of hydrogen-bond acceptors (Lipinski definition) is 4. The van der Waals surface area contributed by atoms with Crippen LogP contribution in [0.25, 0.3) is 0 Å². The maximum Gasteiger partial charge on any atom is 0.433 e. The monoisotopic (exact) mass is 378 g/mol. The molecule has 0 N–H and O–H groups in total. The van der Waals surface area contributed by atoms with E-state index < -0.39 is 11.9 Å². The molecular weight excluding hydrogens is 357 g/mol. The van der Waals surface area contributed by atoms with Gasteiger partial charge in [-0.05, 0) is 30.0 Å². The molecule has 1 aliphatic rings. The fourth-order valence-corrected chi connectivity index (χ4v) is 3.27. The summed E-state index contributed by atoms with van der Waals surface area (Å²) in [6, 6.07) is 8.24. The molecule has 1 aliphatic carbocycles. The van der Waals surface area contributed by atoms with Crippen molar-refractivity contribution in [3.05, 3.63) is 58.7 Å². The van der Waals surface area contributed by atoms with Crippen LogP contribution in [0.4, 0.5) is 13.2 Å². The number of rotatable bonds is 5. The average Bonchev–Trinajstić information content (AvgIpc) is 3.15. The minimum absolute atomic E-state index is 0.0113.